The number of hydrogen-bond acceptors (Lipinski definition) is 4. The normalized spacial score (nSPS) is 16.4. The van der Waals surface area contributed by atoms with Crippen LogP contribution in [-0.2, 0) is 13.1 Å². The minimum atomic E-state index is -0.630. The molecule has 0 saturated carbocycles. The largest absolute Gasteiger partial charge is 0.387 e. The Labute approximate surface area is 120 Å². The summed E-state index contributed by atoms with van der Waals surface area (Å²) in [5.41, 5.74) is 1.35. The monoisotopic (exact) mass is 291 g/mol. The summed E-state index contributed by atoms with van der Waals surface area (Å²) in [4.78, 5) is 30.1. The lowest BCUT2D eigenvalue weighted by Gasteiger charge is -2.18. The van der Waals surface area contributed by atoms with Crippen molar-refractivity contribution in [2.24, 2.45) is 0 Å². The van der Waals surface area contributed by atoms with Gasteiger partial charge in [0.1, 0.15) is 5.69 Å². The number of aliphatic hydroxyl groups is 1. The van der Waals surface area contributed by atoms with Crippen molar-refractivity contribution < 1.29 is 9.90 Å². The summed E-state index contributed by atoms with van der Waals surface area (Å²) < 4.78 is 1.83. The van der Waals surface area contributed by atoms with Crippen LogP contribution in [0.5, 0.6) is 0 Å². The average Bonchev–Trinajstić information content (AvgIpc) is 2.99. The van der Waals surface area contributed by atoms with Gasteiger partial charge in [0.15, 0.2) is 0 Å². The number of carbonyl (C=O) groups excluding carboxylic acids is 1. The highest BCUT2D eigenvalue weighted by atomic mass is 16.3. The molecule has 112 valence electrons. The molecule has 1 atom stereocenters. The Morgan fingerprint density at radius 1 is 1.48 bits per heavy atom. The molecule has 0 bridgehead atoms. The van der Waals surface area contributed by atoms with Gasteiger partial charge in [0.05, 0.1) is 24.0 Å². The number of aryl methyl sites for hydroxylation is 1. The number of fused-ring (bicyclic) bond motifs is 1. The van der Waals surface area contributed by atoms with Crippen LogP contribution in [0.15, 0.2) is 17.1 Å². The van der Waals surface area contributed by atoms with Crippen molar-refractivity contribution >= 4 is 5.91 Å². The molecule has 3 heterocycles. The van der Waals surface area contributed by atoms with E-state index in [1.165, 1.54) is 6.20 Å². The number of aliphatic hydroxyl groups excluding tert-OH is 1. The summed E-state index contributed by atoms with van der Waals surface area (Å²) in [6, 6.07) is 1.82. The molecule has 21 heavy (non-hydrogen) atoms. The molecule has 1 amide bonds. The smallest absolute Gasteiger partial charge is 0.323 e. The van der Waals surface area contributed by atoms with E-state index in [0.717, 1.165) is 12.1 Å². The number of rotatable bonds is 2. The van der Waals surface area contributed by atoms with E-state index in [0.29, 0.717) is 25.3 Å². The lowest BCUT2D eigenvalue weighted by atomic mass is 10.2. The van der Waals surface area contributed by atoms with Crippen molar-refractivity contribution in [1.82, 2.24) is 24.6 Å². The second-order valence-corrected chi connectivity index (χ2v) is 5.20. The molecule has 0 unspecified atom stereocenters. The fourth-order valence-electron chi connectivity index (χ4n) is 2.48. The van der Waals surface area contributed by atoms with E-state index in [1.54, 1.807) is 11.8 Å². The third-order valence-corrected chi connectivity index (χ3v) is 3.57. The SMILES string of the molecule is C[C@H](O)c1cc2n(n1)CCCN(C(=O)c1c[nH]c(=O)[nH]1)C2. The van der Waals surface area contributed by atoms with E-state index in [4.69, 9.17) is 0 Å². The first kappa shape index (κ1) is 13.6. The number of H-pyrrole nitrogens is 2. The number of amides is 1. The van der Waals surface area contributed by atoms with Crippen LogP contribution in [0.4, 0.5) is 0 Å². The molecule has 8 nitrogen and oxygen atoms in total. The van der Waals surface area contributed by atoms with E-state index in [1.807, 2.05) is 10.7 Å². The minimum Gasteiger partial charge on any atom is -0.387 e. The minimum absolute atomic E-state index is 0.221. The predicted octanol–water partition coefficient (Wildman–Crippen LogP) is -0.00110. The van der Waals surface area contributed by atoms with E-state index in [9.17, 15) is 14.7 Å². The fourth-order valence-corrected chi connectivity index (χ4v) is 2.48. The summed E-state index contributed by atoms with van der Waals surface area (Å²) in [6.45, 7) is 3.37. The number of hydrogen-bond donors (Lipinski definition) is 3. The van der Waals surface area contributed by atoms with Gasteiger partial charge in [0.25, 0.3) is 5.91 Å². The number of carbonyl (C=O) groups is 1. The van der Waals surface area contributed by atoms with Crippen molar-refractivity contribution in [3.8, 4) is 0 Å². The Kier molecular flexibility index (Phi) is 3.38. The first-order chi connectivity index (χ1) is 10.0. The first-order valence-electron chi connectivity index (χ1n) is 6.86. The van der Waals surface area contributed by atoms with Gasteiger partial charge in [-0.3, -0.25) is 9.48 Å². The quantitative estimate of drug-likeness (QED) is 0.723. The lowest BCUT2D eigenvalue weighted by Crippen LogP contribution is -2.31. The van der Waals surface area contributed by atoms with Gasteiger partial charge in [-0.05, 0) is 19.4 Å². The van der Waals surface area contributed by atoms with Gasteiger partial charge in [0, 0.05) is 19.3 Å². The van der Waals surface area contributed by atoms with Crippen molar-refractivity contribution in [3.05, 3.63) is 39.8 Å². The maximum Gasteiger partial charge on any atom is 0.323 e. The average molecular weight is 291 g/mol. The highest BCUT2D eigenvalue weighted by Gasteiger charge is 2.23. The Balaban J connectivity index is 1.84. The molecule has 3 N–H and O–H groups in total. The molecule has 8 heteroatoms. The third-order valence-electron chi connectivity index (χ3n) is 3.57. The summed E-state index contributed by atoms with van der Waals surface area (Å²) in [5.74, 6) is -0.221. The molecule has 1 aliphatic heterocycles. The van der Waals surface area contributed by atoms with Gasteiger partial charge >= 0.3 is 5.69 Å². The van der Waals surface area contributed by atoms with Gasteiger partial charge in [-0.1, -0.05) is 0 Å². The summed E-state index contributed by atoms with van der Waals surface area (Å²) in [7, 11) is 0. The van der Waals surface area contributed by atoms with Gasteiger partial charge in [-0.25, -0.2) is 4.79 Å². The first-order valence-corrected chi connectivity index (χ1v) is 6.86. The second kappa shape index (κ2) is 5.21. The molecule has 1 aliphatic rings. The van der Waals surface area contributed by atoms with Crippen LogP contribution >= 0.6 is 0 Å². The van der Waals surface area contributed by atoms with Gasteiger partial charge < -0.3 is 20.0 Å². The van der Waals surface area contributed by atoms with Crippen LogP contribution in [0.2, 0.25) is 0 Å². The molecule has 3 rings (SSSR count). The molecule has 0 spiro atoms. The standard InChI is InChI=1S/C13H17N5O3/c1-8(19)10-5-9-7-17(3-2-4-18(9)16-10)12(20)11-6-14-13(21)15-11/h5-6,8,19H,2-4,7H2,1H3,(H2,14,15,21)/t8-/m0/s1. The van der Waals surface area contributed by atoms with Crippen molar-refractivity contribution in [2.45, 2.75) is 32.5 Å². The topological polar surface area (TPSA) is 107 Å². The zero-order valence-corrected chi connectivity index (χ0v) is 11.7. The molecule has 0 saturated heterocycles. The van der Waals surface area contributed by atoms with Crippen LogP contribution in [0.3, 0.4) is 0 Å². The molecule has 0 radical (unpaired) electrons. The maximum atomic E-state index is 12.4. The van der Waals surface area contributed by atoms with E-state index in [-0.39, 0.29) is 11.6 Å². The lowest BCUT2D eigenvalue weighted by molar-refractivity contribution is 0.0740. The van der Waals surface area contributed by atoms with Crippen LogP contribution in [-0.4, -0.2) is 42.2 Å². The zero-order valence-electron chi connectivity index (χ0n) is 11.7. The number of nitrogens with zero attached hydrogens (tertiary/aromatic N) is 3. The van der Waals surface area contributed by atoms with Crippen LogP contribution in [0.25, 0.3) is 0 Å². The van der Waals surface area contributed by atoms with E-state index in [2.05, 4.69) is 15.1 Å². The van der Waals surface area contributed by atoms with E-state index < -0.39 is 11.8 Å². The molecule has 0 aliphatic carbocycles. The van der Waals surface area contributed by atoms with Gasteiger partial charge in [0.2, 0.25) is 0 Å². The molecule has 2 aromatic rings. The number of imidazole rings is 1. The van der Waals surface area contributed by atoms with E-state index >= 15 is 0 Å². The van der Waals surface area contributed by atoms with Crippen LogP contribution < -0.4 is 5.69 Å². The van der Waals surface area contributed by atoms with Gasteiger partial charge in [-0.15, -0.1) is 0 Å². The van der Waals surface area contributed by atoms with Crippen LogP contribution in [0.1, 0.15) is 41.3 Å². The summed E-state index contributed by atoms with van der Waals surface area (Å²) in [5, 5.41) is 13.9. The molecular weight excluding hydrogens is 274 g/mol. The number of aromatic nitrogens is 4. The summed E-state index contributed by atoms with van der Waals surface area (Å²) >= 11 is 0. The highest BCUT2D eigenvalue weighted by Crippen LogP contribution is 2.18. The van der Waals surface area contributed by atoms with Crippen LogP contribution in [0, 0.1) is 0 Å². The Hall–Kier alpha value is -2.35. The summed E-state index contributed by atoms with van der Waals surface area (Å²) in [6.07, 6.45) is 1.53. The number of nitrogens with one attached hydrogen (secondary N) is 2. The van der Waals surface area contributed by atoms with Crippen molar-refractivity contribution in [3.63, 3.8) is 0 Å². The molecular formula is C13H17N5O3. The predicted molar refractivity (Wildman–Crippen MR) is 73.6 cm³/mol. The van der Waals surface area contributed by atoms with Gasteiger partial charge in [-0.2, -0.15) is 5.10 Å². The fraction of sp³-hybridized carbons (Fsp3) is 0.462. The molecule has 0 aromatic carbocycles. The maximum absolute atomic E-state index is 12.4. The molecule has 0 fully saturated rings. The Morgan fingerprint density at radius 2 is 2.29 bits per heavy atom. The van der Waals surface area contributed by atoms with Crippen molar-refractivity contribution in [1.29, 1.82) is 0 Å². The Bertz CT molecular complexity index is 711. The second-order valence-electron chi connectivity index (χ2n) is 5.20. The number of aromatic amines is 2. The Morgan fingerprint density at radius 3 is 2.95 bits per heavy atom. The third kappa shape index (κ3) is 2.62. The highest BCUT2D eigenvalue weighted by molar-refractivity contribution is 5.92. The molecule has 2 aromatic heterocycles. The van der Waals surface area contributed by atoms with Crippen molar-refractivity contribution in [2.75, 3.05) is 6.54 Å². The zero-order chi connectivity index (χ0) is 15.0.